The third-order valence-electron chi connectivity index (χ3n) is 6.00. The average molecular weight is 421 g/mol. The van der Waals surface area contributed by atoms with E-state index < -0.39 is 11.0 Å². The van der Waals surface area contributed by atoms with E-state index in [1.165, 1.54) is 6.42 Å². The van der Waals surface area contributed by atoms with Gasteiger partial charge in [0.25, 0.3) is 0 Å². The maximum atomic E-state index is 13.7. The second-order valence-electron chi connectivity index (χ2n) is 9.37. The van der Waals surface area contributed by atoms with Gasteiger partial charge in [-0.25, -0.2) is 4.79 Å². The lowest BCUT2D eigenvalue weighted by Crippen LogP contribution is -2.53. The minimum atomic E-state index is -0.509. The molecule has 160 valence electrons. The molecule has 3 rings (SSSR count). The van der Waals surface area contributed by atoms with E-state index in [0.29, 0.717) is 18.1 Å². The fourth-order valence-corrected chi connectivity index (χ4v) is 4.76. The number of piperidine rings is 1. The van der Waals surface area contributed by atoms with Crippen molar-refractivity contribution in [3.05, 3.63) is 34.9 Å². The molecule has 0 bridgehead atoms. The van der Waals surface area contributed by atoms with Crippen LogP contribution in [0.4, 0.5) is 4.79 Å². The molecule has 2 aliphatic rings. The number of carbonyl (C=O) groups excluding carboxylic acids is 2. The first-order valence-corrected chi connectivity index (χ1v) is 11.1. The van der Waals surface area contributed by atoms with Gasteiger partial charge in [-0.15, -0.1) is 0 Å². The topological polar surface area (TPSA) is 58.6 Å². The summed E-state index contributed by atoms with van der Waals surface area (Å²) in [6.45, 7) is 6.87. The number of likely N-dealkylation sites (tertiary alicyclic amines) is 1. The third kappa shape index (κ3) is 5.44. The zero-order valence-corrected chi connectivity index (χ0v) is 18.6. The van der Waals surface area contributed by atoms with Crippen molar-refractivity contribution in [3.63, 3.8) is 0 Å². The largest absolute Gasteiger partial charge is 0.444 e. The minimum absolute atomic E-state index is 0.0439. The van der Waals surface area contributed by atoms with Crippen molar-refractivity contribution in [1.82, 2.24) is 10.2 Å². The summed E-state index contributed by atoms with van der Waals surface area (Å²) < 4.78 is 5.35. The summed E-state index contributed by atoms with van der Waals surface area (Å²) >= 11 is 6.25. The fraction of sp³-hybridized carbons (Fsp3) is 0.652. The van der Waals surface area contributed by atoms with Gasteiger partial charge < -0.3 is 15.0 Å². The zero-order valence-electron chi connectivity index (χ0n) is 17.8. The van der Waals surface area contributed by atoms with Crippen LogP contribution in [0.15, 0.2) is 24.3 Å². The van der Waals surface area contributed by atoms with Crippen LogP contribution in [0, 0.1) is 0 Å². The van der Waals surface area contributed by atoms with Crippen LogP contribution in [0.1, 0.15) is 71.3 Å². The van der Waals surface area contributed by atoms with Gasteiger partial charge in [0.05, 0.1) is 5.41 Å². The number of rotatable bonds is 3. The Morgan fingerprint density at radius 2 is 1.79 bits per heavy atom. The molecular weight excluding hydrogens is 388 g/mol. The second-order valence-corrected chi connectivity index (χ2v) is 9.80. The van der Waals surface area contributed by atoms with E-state index in [1.54, 1.807) is 0 Å². The summed E-state index contributed by atoms with van der Waals surface area (Å²) in [7, 11) is 0. The highest BCUT2D eigenvalue weighted by Crippen LogP contribution is 2.42. The highest BCUT2D eigenvalue weighted by atomic mass is 35.5. The van der Waals surface area contributed by atoms with Gasteiger partial charge >= 0.3 is 6.09 Å². The van der Waals surface area contributed by atoms with Crippen molar-refractivity contribution in [2.24, 2.45) is 0 Å². The quantitative estimate of drug-likeness (QED) is 0.743. The maximum absolute atomic E-state index is 13.7. The van der Waals surface area contributed by atoms with Crippen molar-refractivity contribution in [2.75, 3.05) is 13.1 Å². The van der Waals surface area contributed by atoms with E-state index >= 15 is 0 Å². The summed E-state index contributed by atoms with van der Waals surface area (Å²) in [5.74, 6) is 0.218. The number of amides is 2. The van der Waals surface area contributed by atoms with Crippen LogP contribution in [0.5, 0.6) is 0 Å². The van der Waals surface area contributed by atoms with E-state index in [2.05, 4.69) is 5.32 Å². The number of hydrogen-bond donors (Lipinski definition) is 1. The van der Waals surface area contributed by atoms with Crippen LogP contribution in [-0.2, 0) is 14.9 Å². The molecule has 29 heavy (non-hydrogen) atoms. The van der Waals surface area contributed by atoms with Gasteiger partial charge in [0, 0.05) is 24.2 Å². The van der Waals surface area contributed by atoms with E-state index in [-0.39, 0.29) is 18.0 Å². The van der Waals surface area contributed by atoms with Crippen LogP contribution in [0.3, 0.4) is 0 Å². The van der Waals surface area contributed by atoms with Gasteiger partial charge in [0.2, 0.25) is 5.91 Å². The molecule has 0 spiro atoms. The van der Waals surface area contributed by atoms with E-state index in [9.17, 15) is 9.59 Å². The van der Waals surface area contributed by atoms with Crippen molar-refractivity contribution >= 4 is 23.6 Å². The average Bonchev–Trinajstić information content (AvgIpc) is 2.67. The summed E-state index contributed by atoms with van der Waals surface area (Å²) in [6, 6.07) is 7.86. The number of halogens is 1. The number of benzene rings is 1. The molecular formula is C23H33ClN2O3. The summed E-state index contributed by atoms with van der Waals surface area (Å²) in [5.41, 5.74) is 0.0725. The Balaban J connectivity index is 1.66. The minimum Gasteiger partial charge on any atom is -0.444 e. The number of ether oxygens (including phenoxy) is 1. The molecule has 2 amide bonds. The van der Waals surface area contributed by atoms with Crippen LogP contribution in [0.2, 0.25) is 5.02 Å². The SMILES string of the molecule is CC(C)(C)OC(=O)NC1CCN(C(=O)C2(c3cccc(Cl)c3)CCCCC2)CC1. The standard InChI is InChI=1S/C23H33ClN2O3/c1-22(2,3)29-21(28)25-19-10-14-26(15-11-19)20(27)23(12-5-4-6-13-23)17-8-7-9-18(24)16-17/h7-9,16,19H,4-6,10-15H2,1-3H3,(H,25,28). The molecule has 1 N–H and O–H groups in total. The maximum Gasteiger partial charge on any atom is 0.407 e. The molecule has 1 aromatic carbocycles. The molecule has 1 saturated heterocycles. The van der Waals surface area contributed by atoms with Crippen molar-refractivity contribution in [2.45, 2.75) is 82.8 Å². The second kappa shape index (κ2) is 8.95. The fourth-order valence-electron chi connectivity index (χ4n) is 4.57. The Morgan fingerprint density at radius 1 is 1.14 bits per heavy atom. The van der Waals surface area contributed by atoms with Gasteiger partial charge in [0.15, 0.2) is 0 Å². The van der Waals surface area contributed by atoms with Gasteiger partial charge in [-0.1, -0.05) is 43.0 Å². The third-order valence-corrected chi connectivity index (χ3v) is 6.23. The molecule has 0 radical (unpaired) electrons. The first-order chi connectivity index (χ1) is 13.7. The van der Waals surface area contributed by atoms with Crippen LogP contribution < -0.4 is 5.32 Å². The molecule has 0 atom stereocenters. The highest BCUT2D eigenvalue weighted by molar-refractivity contribution is 6.30. The number of hydrogen-bond acceptors (Lipinski definition) is 3. The lowest BCUT2D eigenvalue weighted by atomic mass is 9.68. The number of nitrogens with zero attached hydrogens (tertiary/aromatic N) is 1. The number of alkyl carbamates (subject to hydrolysis) is 1. The van der Waals surface area contributed by atoms with E-state index in [0.717, 1.165) is 44.1 Å². The van der Waals surface area contributed by atoms with Crippen LogP contribution >= 0.6 is 11.6 Å². The van der Waals surface area contributed by atoms with Gasteiger partial charge in [-0.2, -0.15) is 0 Å². The van der Waals surface area contributed by atoms with Gasteiger partial charge in [-0.05, 0) is 64.2 Å². The lowest BCUT2D eigenvalue weighted by Gasteiger charge is -2.42. The summed E-state index contributed by atoms with van der Waals surface area (Å²) in [6.07, 6.45) is 6.17. The molecule has 1 aliphatic carbocycles. The Labute approximate surface area is 179 Å². The van der Waals surface area contributed by atoms with Gasteiger partial charge in [-0.3, -0.25) is 4.79 Å². The predicted molar refractivity (Wildman–Crippen MR) is 115 cm³/mol. The predicted octanol–water partition coefficient (Wildman–Crippen LogP) is 5.06. The number of nitrogens with one attached hydrogen (secondary N) is 1. The molecule has 1 heterocycles. The zero-order chi connectivity index (χ0) is 21.1. The molecule has 1 aliphatic heterocycles. The number of carbonyl (C=O) groups is 2. The molecule has 1 aromatic rings. The molecule has 6 heteroatoms. The summed E-state index contributed by atoms with van der Waals surface area (Å²) in [5, 5.41) is 3.63. The van der Waals surface area contributed by atoms with Crippen LogP contribution in [0.25, 0.3) is 0 Å². The smallest absolute Gasteiger partial charge is 0.407 e. The van der Waals surface area contributed by atoms with Gasteiger partial charge in [0.1, 0.15) is 5.60 Å². The Hall–Kier alpha value is -1.75. The summed E-state index contributed by atoms with van der Waals surface area (Å²) in [4.78, 5) is 27.7. The highest BCUT2D eigenvalue weighted by Gasteiger charge is 2.44. The van der Waals surface area contributed by atoms with Crippen molar-refractivity contribution < 1.29 is 14.3 Å². The Bertz CT molecular complexity index is 730. The lowest BCUT2D eigenvalue weighted by molar-refractivity contribution is -0.140. The Kier molecular flexibility index (Phi) is 6.77. The first-order valence-electron chi connectivity index (χ1n) is 10.7. The monoisotopic (exact) mass is 420 g/mol. The Morgan fingerprint density at radius 3 is 2.38 bits per heavy atom. The molecule has 0 unspecified atom stereocenters. The molecule has 1 saturated carbocycles. The van der Waals surface area contributed by atoms with E-state index in [1.807, 2.05) is 49.9 Å². The molecule has 2 fully saturated rings. The molecule has 0 aromatic heterocycles. The van der Waals surface area contributed by atoms with Crippen LogP contribution in [-0.4, -0.2) is 41.6 Å². The van der Waals surface area contributed by atoms with E-state index in [4.69, 9.17) is 16.3 Å². The molecule has 5 nitrogen and oxygen atoms in total. The normalized spacial score (nSPS) is 20.2. The van der Waals surface area contributed by atoms with Crippen molar-refractivity contribution in [1.29, 1.82) is 0 Å². The van der Waals surface area contributed by atoms with Crippen molar-refractivity contribution in [3.8, 4) is 0 Å². The first kappa shape index (κ1) is 21.9.